The van der Waals surface area contributed by atoms with E-state index in [9.17, 15) is 19.2 Å². The van der Waals surface area contributed by atoms with Gasteiger partial charge in [0, 0.05) is 37.8 Å². The topological polar surface area (TPSA) is 116 Å². The second-order valence-electron chi connectivity index (χ2n) is 9.42. The molecule has 4 amide bonds. The van der Waals surface area contributed by atoms with Gasteiger partial charge in [-0.25, -0.2) is 0 Å². The molecule has 32 heavy (non-hydrogen) atoms. The van der Waals surface area contributed by atoms with Gasteiger partial charge in [-0.2, -0.15) is 0 Å². The summed E-state index contributed by atoms with van der Waals surface area (Å²) >= 11 is 0. The number of likely N-dealkylation sites (tertiary alicyclic amines) is 1. The van der Waals surface area contributed by atoms with E-state index >= 15 is 0 Å². The third-order valence-corrected chi connectivity index (χ3v) is 7.22. The van der Waals surface area contributed by atoms with E-state index in [1.807, 2.05) is 6.07 Å². The summed E-state index contributed by atoms with van der Waals surface area (Å²) in [5.41, 5.74) is 7.60. The summed E-state index contributed by atoms with van der Waals surface area (Å²) < 4.78 is 0. The number of rotatable bonds is 4. The minimum atomic E-state index is -0.933. The van der Waals surface area contributed by atoms with Crippen LogP contribution in [0.25, 0.3) is 0 Å². The number of nitrogens with one attached hydrogen (secondary N) is 1. The monoisotopic (exact) mass is 439 g/mol. The van der Waals surface area contributed by atoms with Crippen molar-refractivity contribution in [2.75, 3.05) is 37.6 Å². The van der Waals surface area contributed by atoms with Gasteiger partial charge in [-0.05, 0) is 62.9 Å². The lowest BCUT2D eigenvalue weighted by Crippen LogP contribution is -2.54. The molecular weight excluding hydrogens is 410 g/mol. The first-order valence-corrected chi connectivity index (χ1v) is 11.5. The molecule has 0 aromatic heterocycles. The average Bonchev–Trinajstić information content (AvgIpc) is 3.33. The van der Waals surface area contributed by atoms with Crippen LogP contribution >= 0.6 is 0 Å². The summed E-state index contributed by atoms with van der Waals surface area (Å²) in [5.74, 6) is -1.32. The van der Waals surface area contributed by atoms with Crippen molar-refractivity contribution in [1.29, 1.82) is 0 Å². The van der Waals surface area contributed by atoms with Gasteiger partial charge in [0.15, 0.2) is 0 Å². The first-order chi connectivity index (χ1) is 15.4. The number of imide groups is 2. The van der Waals surface area contributed by atoms with Gasteiger partial charge >= 0.3 is 0 Å². The van der Waals surface area contributed by atoms with E-state index in [-0.39, 0.29) is 18.7 Å². The standard InChI is InChI=1S/C23H29N5O4/c24-15-6-8-26(9-7-15)12-14-5-10-27(13-14)16-1-2-17-18(11-16)23(32)28(22(17)31)19-3-4-20(29)25-21(19)30/h1-2,11,14-15,19H,3-10,12-13,24H2,(H,25,29,30)/t14-,19?/m1/s1. The number of anilines is 1. The number of amides is 4. The normalized spacial score (nSPS) is 27.3. The number of carbonyl (C=O) groups excluding carboxylic acids is 4. The summed E-state index contributed by atoms with van der Waals surface area (Å²) in [6.07, 6.45) is 3.49. The highest BCUT2D eigenvalue weighted by Crippen LogP contribution is 2.32. The van der Waals surface area contributed by atoms with Gasteiger partial charge in [-0.15, -0.1) is 0 Å². The molecule has 0 bridgehead atoms. The fraction of sp³-hybridized carbons (Fsp3) is 0.565. The highest BCUT2D eigenvalue weighted by atomic mass is 16.2. The van der Waals surface area contributed by atoms with Crippen LogP contribution < -0.4 is 16.0 Å². The number of hydrogen-bond acceptors (Lipinski definition) is 7. The third kappa shape index (κ3) is 3.80. The van der Waals surface area contributed by atoms with Crippen LogP contribution in [0.1, 0.15) is 52.8 Å². The van der Waals surface area contributed by atoms with Crippen LogP contribution in [0, 0.1) is 5.92 Å². The largest absolute Gasteiger partial charge is 0.371 e. The van der Waals surface area contributed by atoms with Crippen molar-refractivity contribution < 1.29 is 19.2 Å². The van der Waals surface area contributed by atoms with E-state index in [0.29, 0.717) is 23.1 Å². The van der Waals surface area contributed by atoms with Crippen molar-refractivity contribution in [2.24, 2.45) is 11.7 Å². The molecule has 0 saturated carbocycles. The zero-order chi connectivity index (χ0) is 22.4. The molecule has 170 valence electrons. The number of fused-ring (bicyclic) bond motifs is 1. The van der Waals surface area contributed by atoms with Crippen molar-refractivity contribution in [1.82, 2.24) is 15.1 Å². The predicted octanol–water partition coefficient (Wildman–Crippen LogP) is 0.337. The van der Waals surface area contributed by atoms with E-state index in [1.54, 1.807) is 12.1 Å². The number of hydrogen-bond donors (Lipinski definition) is 2. The fourth-order valence-electron chi connectivity index (χ4n) is 5.37. The van der Waals surface area contributed by atoms with Gasteiger partial charge in [-0.1, -0.05) is 0 Å². The SMILES string of the molecule is NC1CCN(C[C@H]2CCN(c3ccc4c(c3)C(=O)N(C3CCC(=O)NC3=O)C4=O)C2)CC1. The van der Waals surface area contributed by atoms with E-state index in [2.05, 4.69) is 15.1 Å². The Morgan fingerprint density at radius 3 is 2.44 bits per heavy atom. The van der Waals surface area contributed by atoms with Gasteiger partial charge < -0.3 is 15.5 Å². The number of nitrogens with two attached hydrogens (primary N) is 1. The van der Waals surface area contributed by atoms with Gasteiger partial charge in [0.25, 0.3) is 11.8 Å². The lowest BCUT2D eigenvalue weighted by molar-refractivity contribution is -0.136. The summed E-state index contributed by atoms with van der Waals surface area (Å²) in [7, 11) is 0. The van der Waals surface area contributed by atoms with Crippen LogP contribution in [-0.2, 0) is 9.59 Å². The van der Waals surface area contributed by atoms with Gasteiger partial charge in [0.1, 0.15) is 6.04 Å². The minimum Gasteiger partial charge on any atom is -0.371 e. The molecule has 2 atom stereocenters. The van der Waals surface area contributed by atoms with Crippen LogP contribution in [-0.4, -0.2) is 78.2 Å². The Hall–Kier alpha value is -2.78. The molecule has 4 aliphatic heterocycles. The Kier molecular flexibility index (Phi) is 5.46. The molecule has 1 aromatic rings. The molecule has 3 saturated heterocycles. The Morgan fingerprint density at radius 1 is 0.938 bits per heavy atom. The lowest BCUT2D eigenvalue weighted by Gasteiger charge is -2.32. The molecule has 9 nitrogen and oxygen atoms in total. The second kappa shape index (κ2) is 8.29. The van der Waals surface area contributed by atoms with Crippen LogP contribution in [0.15, 0.2) is 18.2 Å². The van der Waals surface area contributed by atoms with Crippen molar-refractivity contribution in [3.8, 4) is 0 Å². The van der Waals surface area contributed by atoms with E-state index in [1.165, 1.54) is 0 Å². The van der Waals surface area contributed by atoms with Crippen molar-refractivity contribution >= 4 is 29.3 Å². The van der Waals surface area contributed by atoms with Crippen LogP contribution in [0.5, 0.6) is 0 Å². The Morgan fingerprint density at radius 2 is 1.69 bits per heavy atom. The number of benzene rings is 1. The average molecular weight is 440 g/mol. The maximum atomic E-state index is 13.1. The zero-order valence-electron chi connectivity index (χ0n) is 18.1. The summed E-state index contributed by atoms with van der Waals surface area (Å²) in [5, 5.41) is 2.23. The van der Waals surface area contributed by atoms with Crippen LogP contribution in [0.2, 0.25) is 0 Å². The minimum absolute atomic E-state index is 0.118. The predicted molar refractivity (Wildman–Crippen MR) is 117 cm³/mol. The molecule has 5 rings (SSSR count). The molecule has 0 radical (unpaired) electrons. The van der Waals surface area contributed by atoms with Crippen molar-refractivity contribution in [2.45, 2.75) is 44.2 Å². The van der Waals surface area contributed by atoms with Gasteiger partial charge in [0.05, 0.1) is 11.1 Å². The number of piperidine rings is 2. The molecule has 0 spiro atoms. The van der Waals surface area contributed by atoms with Crippen molar-refractivity contribution in [3.05, 3.63) is 29.3 Å². The maximum absolute atomic E-state index is 13.1. The number of carbonyl (C=O) groups is 4. The molecule has 4 aliphatic rings. The Labute approximate surface area is 186 Å². The second-order valence-corrected chi connectivity index (χ2v) is 9.42. The highest BCUT2D eigenvalue weighted by Gasteiger charge is 2.44. The molecule has 3 N–H and O–H groups in total. The van der Waals surface area contributed by atoms with Crippen LogP contribution in [0.4, 0.5) is 5.69 Å². The third-order valence-electron chi connectivity index (χ3n) is 7.22. The Bertz CT molecular complexity index is 971. The number of nitrogens with zero attached hydrogens (tertiary/aromatic N) is 3. The highest BCUT2D eigenvalue weighted by molar-refractivity contribution is 6.23. The zero-order valence-corrected chi connectivity index (χ0v) is 18.1. The lowest BCUT2D eigenvalue weighted by atomic mass is 10.0. The summed E-state index contributed by atoms with van der Waals surface area (Å²) in [6.45, 7) is 5.01. The van der Waals surface area contributed by atoms with E-state index in [0.717, 1.165) is 62.6 Å². The molecular formula is C23H29N5O4. The molecule has 3 fully saturated rings. The molecule has 4 heterocycles. The molecule has 0 aliphatic carbocycles. The maximum Gasteiger partial charge on any atom is 0.262 e. The summed E-state index contributed by atoms with van der Waals surface area (Å²) in [6, 6.07) is 4.76. The molecule has 1 unspecified atom stereocenters. The smallest absolute Gasteiger partial charge is 0.262 e. The first-order valence-electron chi connectivity index (χ1n) is 11.5. The molecule has 9 heteroatoms. The summed E-state index contributed by atoms with van der Waals surface area (Å²) in [4.78, 5) is 55.4. The van der Waals surface area contributed by atoms with Crippen LogP contribution in [0.3, 0.4) is 0 Å². The Balaban J connectivity index is 1.27. The first kappa shape index (κ1) is 21.1. The van der Waals surface area contributed by atoms with Crippen molar-refractivity contribution in [3.63, 3.8) is 0 Å². The van der Waals surface area contributed by atoms with E-state index < -0.39 is 23.8 Å². The van der Waals surface area contributed by atoms with Gasteiger partial charge in [0.2, 0.25) is 11.8 Å². The van der Waals surface area contributed by atoms with Gasteiger partial charge in [-0.3, -0.25) is 29.4 Å². The quantitative estimate of drug-likeness (QED) is 0.650. The molecule has 1 aromatic carbocycles. The van der Waals surface area contributed by atoms with E-state index in [4.69, 9.17) is 5.73 Å². The fourth-order valence-corrected chi connectivity index (χ4v) is 5.37.